The quantitative estimate of drug-likeness (QED) is 0.225. The van der Waals surface area contributed by atoms with Crippen molar-refractivity contribution in [3.8, 4) is 11.4 Å². The van der Waals surface area contributed by atoms with Crippen LogP contribution in [0.15, 0.2) is 54.9 Å². The Morgan fingerprint density at radius 2 is 1.85 bits per heavy atom. The lowest BCUT2D eigenvalue weighted by Crippen LogP contribution is -2.31. The van der Waals surface area contributed by atoms with Gasteiger partial charge in [0, 0.05) is 0 Å². The predicted molar refractivity (Wildman–Crippen MR) is 151 cm³/mol. The first-order valence-corrected chi connectivity index (χ1v) is 13.7. The molecule has 1 fully saturated rings. The van der Waals surface area contributed by atoms with Crippen molar-refractivity contribution in [3.63, 3.8) is 0 Å². The van der Waals surface area contributed by atoms with Gasteiger partial charge in [-0.05, 0) is 65.3 Å². The first-order chi connectivity index (χ1) is 18.6. The van der Waals surface area contributed by atoms with Crippen molar-refractivity contribution in [1.82, 2.24) is 14.8 Å². The van der Waals surface area contributed by atoms with Crippen molar-refractivity contribution in [2.24, 2.45) is 0 Å². The standard InChI is InChI=1S/C14H14F3N3O.C12H15N2OS.C2H6/c1-2-3-4-5-13-18-10-20(19-13)11-6-8-12(9-7-11)21-14(15,16)17;1-4-10-7-5-6-9(2)12(10)14-11(15)8-16-13(14)3;1-2/h4-10H,2-3H2,1H3;5-7H,3-4,8H2,1-2H3;1-2H3/q;+1;/b5-4+;;. The van der Waals surface area contributed by atoms with Gasteiger partial charge in [-0.25, -0.2) is 9.67 Å². The summed E-state index contributed by atoms with van der Waals surface area (Å²) in [6, 6.07) is 11.5. The lowest BCUT2D eigenvalue weighted by Gasteiger charge is -2.15. The molecule has 4 rings (SSSR count). The largest absolute Gasteiger partial charge is 0.573 e. The monoisotopic (exact) mass is 562 g/mol. The molecule has 1 amide bonds. The highest BCUT2D eigenvalue weighted by Crippen LogP contribution is 2.31. The number of benzene rings is 2. The van der Waals surface area contributed by atoms with Crippen molar-refractivity contribution in [2.45, 2.75) is 60.2 Å². The molecule has 2 heterocycles. The number of ether oxygens (including phenoxy) is 1. The van der Waals surface area contributed by atoms with E-state index in [1.807, 2.05) is 39.0 Å². The highest BCUT2D eigenvalue weighted by Gasteiger charge is 2.37. The summed E-state index contributed by atoms with van der Waals surface area (Å²) in [5, 5.41) is 5.89. The normalized spacial score (nSPS) is 13.2. The smallest absolute Gasteiger partial charge is 0.406 e. The molecule has 2 aromatic carbocycles. The fourth-order valence-corrected chi connectivity index (χ4v) is 4.22. The molecule has 11 heteroatoms. The third kappa shape index (κ3) is 9.27. The number of hydrogen-bond donors (Lipinski definition) is 0. The summed E-state index contributed by atoms with van der Waals surface area (Å²) in [7, 11) is 0. The third-order valence-electron chi connectivity index (χ3n) is 5.28. The van der Waals surface area contributed by atoms with Crippen LogP contribution in [-0.2, 0) is 11.2 Å². The lowest BCUT2D eigenvalue weighted by molar-refractivity contribution is -0.337. The topological polar surface area (TPSA) is 63.3 Å². The minimum Gasteiger partial charge on any atom is -0.406 e. The molecular weight excluding hydrogens is 527 g/mol. The van der Waals surface area contributed by atoms with Crippen molar-refractivity contribution in [2.75, 3.05) is 10.8 Å². The SMILES string of the molecule is C=[N+]1SCC(=O)N1c1c(C)cccc1CC.CC.CCC/C=C/c1ncn(-c2ccc(OC(F)(F)F)cc2)n1. The van der Waals surface area contributed by atoms with E-state index in [-0.39, 0.29) is 11.7 Å². The molecule has 39 heavy (non-hydrogen) atoms. The molecule has 0 bridgehead atoms. The number of para-hydroxylation sites is 1. The zero-order chi connectivity index (χ0) is 29.0. The first-order valence-electron chi connectivity index (χ1n) is 12.7. The van der Waals surface area contributed by atoms with Crippen LogP contribution in [0.2, 0.25) is 0 Å². The maximum absolute atomic E-state index is 12.1. The van der Waals surface area contributed by atoms with Gasteiger partial charge >= 0.3 is 12.3 Å². The number of halogens is 3. The number of allylic oxidation sites excluding steroid dienone is 1. The molecule has 0 atom stereocenters. The van der Waals surface area contributed by atoms with Crippen molar-refractivity contribution in [1.29, 1.82) is 0 Å². The highest BCUT2D eigenvalue weighted by molar-refractivity contribution is 7.94. The Kier molecular flexibility index (Phi) is 12.2. The van der Waals surface area contributed by atoms with E-state index < -0.39 is 6.36 Å². The highest BCUT2D eigenvalue weighted by atomic mass is 32.2. The number of amides is 1. The number of aryl methyl sites for hydroxylation is 2. The Bertz CT molecular complexity index is 1240. The summed E-state index contributed by atoms with van der Waals surface area (Å²) in [6.07, 6.45) is 3.49. The van der Waals surface area contributed by atoms with Gasteiger partial charge in [-0.1, -0.05) is 63.4 Å². The van der Waals surface area contributed by atoms with E-state index in [0.717, 1.165) is 30.5 Å². The van der Waals surface area contributed by atoms with Crippen LogP contribution in [0.25, 0.3) is 11.8 Å². The molecular formula is C28H35F3N5O2S+. The Labute approximate surface area is 232 Å². The summed E-state index contributed by atoms with van der Waals surface area (Å²) in [4.78, 5) is 15.9. The molecule has 0 radical (unpaired) electrons. The van der Waals surface area contributed by atoms with Crippen LogP contribution in [0.1, 0.15) is 57.5 Å². The number of carbonyl (C=O) groups is 1. The van der Waals surface area contributed by atoms with E-state index in [4.69, 9.17) is 0 Å². The van der Waals surface area contributed by atoms with E-state index in [2.05, 4.69) is 41.5 Å². The van der Waals surface area contributed by atoms with Crippen molar-refractivity contribution < 1.29 is 26.8 Å². The third-order valence-corrected chi connectivity index (χ3v) is 6.11. The number of rotatable bonds is 7. The second-order valence-electron chi connectivity index (χ2n) is 8.05. The summed E-state index contributed by atoms with van der Waals surface area (Å²) in [5.41, 5.74) is 3.90. The van der Waals surface area contributed by atoms with Gasteiger partial charge in [-0.3, -0.25) is 4.79 Å². The Hall–Kier alpha value is -3.60. The molecule has 0 N–H and O–H groups in total. The maximum atomic E-state index is 12.1. The molecule has 0 aliphatic carbocycles. The Balaban J connectivity index is 0.000000265. The maximum Gasteiger partial charge on any atom is 0.573 e. The minimum atomic E-state index is -4.69. The van der Waals surface area contributed by atoms with Crippen LogP contribution < -0.4 is 9.75 Å². The average molecular weight is 563 g/mol. The number of hydrogen-bond acceptors (Lipinski definition) is 5. The summed E-state index contributed by atoms with van der Waals surface area (Å²) in [5.74, 6) is 0.860. The van der Waals surface area contributed by atoms with Gasteiger partial charge in [0.15, 0.2) is 12.5 Å². The van der Waals surface area contributed by atoms with Gasteiger partial charge in [0.2, 0.25) is 11.9 Å². The van der Waals surface area contributed by atoms with Crippen molar-refractivity contribution in [3.05, 3.63) is 71.8 Å². The Morgan fingerprint density at radius 1 is 1.15 bits per heavy atom. The average Bonchev–Trinajstić information content (AvgIpc) is 3.51. The molecule has 1 saturated heterocycles. The van der Waals surface area contributed by atoms with Gasteiger partial charge < -0.3 is 4.74 Å². The fraction of sp³-hybridized carbons (Fsp3) is 0.357. The van der Waals surface area contributed by atoms with Crippen LogP contribution in [-0.4, -0.2) is 43.6 Å². The van der Waals surface area contributed by atoms with E-state index in [0.29, 0.717) is 17.3 Å². The number of anilines is 1. The van der Waals surface area contributed by atoms with E-state index >= 15 is 0 Å². The number of unbranched alkanes of at least 4 members (excludes halogenated alkanes) is 1. The number of nitrogens with zero attached hydrogens (tertiary/aromatic N) is 5. The van der Waals surface area contributed by atoms with Gasteiger partial charge in [0.1, 0.15) is 23.5 Å². The van der Waals surface area contributed by atoms with Crippen LogP contribution in [0.3, 0.4) is 0 Å². The molecule has 210 valence electrons. The molecule has 1 aliphatic heterocycles. The predicted octanol–water partition coefficient (Wildman–Crippen LogP) is 7.19. The molecule has 0 saturated carbocycles. The zero-order valence-corrected chi connectivity index (χ0v) is 23.7. The number of carbonyl (C=O) groups excluding carboxylic acids is 1. The molecule has 7 nitrogen and oxygen atoms in total. The second-order valence-corrected chi connectivity index (χ2v) is 9.02. The van der Waals surface area contributed by atoms with Crippen LogP contribution in [0.5, 0.6) is 5.75 Å². The zero-order valence-electron chi connectivity index (χ0n) is 22.9. The number of alkyl halides is 3. The summed E-state index contributed by atoms with van der Waals surface area (Å²) >= 11 is 1.43. The molecule has 3 aromatic rings. The minimum absolute atomic E-state index is 0.101. The van der Waals surface area contributed by atoms with Gasteiger partial charge in [0.05, 0.1) is 5.69 Å². The van der Waals surface area contributed by atoms with E-state index in [1.54, 1.807) is 15.2 Å². The van der Waals surface area contributed by atoms with E-state index in [1.165, 1.54) is 52.8 Å². The van der Waals surface area contributed by atoms with Crippen LogP contribution >= 0.6 is 11.9 Å². The van der Waals surface area contributed by atoms with Gasteiger partial charge in [-0.15, -0.1) is 18.3 Å². The number of aromatic nitrogens is 3. The molecule has 0 unspecified atom stereocenters. The lowest BCUT2D eigenvalue weighted by atomic mass is 10.1. The number of hydrazone groups is 1. The molecule has 1 aromatic heterocycles. The first kappa shape index (κ1) is 31.6. The van der Waals surface area contributed by atoms with Gasteiger partial charge in [0.25, 0.3) is 0 Å². The second kappa shape index (κ2) is 15.1. The van der Waals surface area contributed by atoms with Crippen LogP contribution in [0.4, 0.5) is 18.9 Å². The summed E-state index contributed by atoms with van der Waals surface area (Å²) < 4.78 is 43.1. The number of hydrazine groups is 1. The van der Waals surface area contributed by atoms with Crippen molar-refractivity contribution >= 4 is 36.3 Å². The fourth-order valence-electron chi connectivity index (χ4n) is 3.55. The van der Waals surface area contributed by atoms with E-state index in [9.17, 15) is 18.0 Å². The summed E-state index contributed by atoms with van der Waals surface area (Å²) in [6.45, 7) is 14.1. The Morgan fingerprint density at radius 3 is 2.41 bits per heavy atom. The molecule has 0 spiro atoms. The van der Waals surface area contributed by atoms with Gasteiger partial charge in [-0.2, -0.15) is 0 Å². The van der Waals surface area contributed by atoms with Crippen LogP contribution in [0, 0.1) is 6.92 Å². The molecule has 1 aliphatic rings.